The van der Waals surface area contributed by atoms with E-state index in [1.165, 1.54) is 25.7 Å². The first kappa shape index (κ1) is 27.8. The van der Waals surface area contributed by atoms with Gasteiger partial charge in [0.05, 0.1) is 6.04 Å². The minimum atomic E-state index is -5.16. The van der Waals surface area contributed by atoms with Gasteiger partial charge in [-0.25, -0.2) is 0 Å². The van der Waals surface area contributed by atoms with E-state index < -0.39 is 52.9 Å². The van der Waals surface area contributed by atoms with Crippen LogP contribution < -0.4 is 16.0 Å². The Hall–Kier alpha value is -2.77. The second-order valence-corrected chi connectivity index (χ2v) is 12.3. The maximum absolute atomic E-state index is 13.5. The van der Waals surface area contributed by atoms with Crippen molar-refractivity contribution in [3.8, 4) is 12.3 Å². The second-order valence-electron chi connectivity index (χ2n) is 12.3. The topological polar surface area (TPSA) is 108 Å². The molecule has 0 bridgehead atoms. The third kappa shape index (κ3) is 6.13. The SMILES string of the molecule is C#C[C@H](C[C@@H]1CC2(CC2)NC1=O)NC(=O)[C@@H]1CC(C)(C)CN1C(=O)[C@@H](NC(=O)C(F)(F)F)C(C)(C)C. The van der Waals surface area contributed by atoms with Gasteiger partial charge in [0, 0.05) is 18.0 Å². The van der Waals surface area contributed by atoms with Crippen molar-refractivity contribution in [1.82, 2.24) is 20.9 Å². The Morgan fingerprint density at radius 3 is 2.25 bits per heavy atom. The Morgan fingerprint density at radius 2 is 1.78 bits per heavy atom. The van der Waals surface area contributed by atoms with Gasteiger partial charge in [-0.1, -0.05) is 40.5 Å². The highest BCUT2D eigenvalue weighted by atomic mass is 19.4. The van der Waals surface area contributed by atoms with Crippen molar-refractivity contribution < 1.29 is 32.3 Å². The molecule has 1 spiro atoms. The van der Waals surface area contributed by atoms with E-state index >= 15 is 0 Å². The Bertz CT molecular complexity index is 975. The van der Waals surface area contributed by atoms with E-state index in [4.69, 9.17) is 6.42 Å². The van der Waals surface area contributed by atoms with E-state index in [9.17, 15) is 32.3 Å². The van der Waals surface area contributed by atoms with Gasteiger partial charge in [0.1, 0.15) is 12.1 Å². The van der Waals surface area contributed by atoms with Gasteiger partial charge in [-0.05, 0) is 42.9 Å². The molecule has 0 aromatic carbocycles. The van der Waals surface area contributed by atoms with Gasteiger partial charge in [0.2, 0.25) is 17.7 Å². The maximum Gasteiger partial charge on any atom is 0.471 e. The molecule has 3 fully saturated rings. The van der Waals surface area contributed by atoms with Crippen LogP contribution in [0.5, 0.6) is 0 Å². The van der Waals surface area contributed by atoms with Gasteiger partial charge in [-0.15, -0.1) is 6.42 Å². The summed E-state index contributed by atoms with van der Waals surface area (Å²) in [6, 6.07) is -3.23. The van der Waals surface area contributed by atoms with Gasteiger partial charge in [0.25, 0.3) is 0 Å². The van der Waals surface area contributed by atoms with Gasteiger partial charge in [-0.2, -0.15) is 13.2 Å². The zero-order chi connectivity index (χ0) is 27.3. The first-order chi connectivity index (χ1) is 16.4. The van der Waals surface area contributed by atoms with Crippen LogP contribution in [0, 0.1) is 29.1 Å². The predicted octanol–water partition coefficient (Wildman–Crippen LogP) is 1.88. The number of amides is 4. The molecular weight excluding hydrogens is 477 g/mol. The van der Waals surface area contributed by atoms with E-state index in [0.717, 1.165) is 12.8 Å². The number of nitrogens with zero attached hydrogens (tertiary/aromatic N) is 1. The van der Waals surface area contributed by atoms with Crippen molar-refractivity contribution >= 4 is 23.6 Å². The van der Waals surface area contributed by atoms with Crippen LogP contribution in [0.15, 0.2) is 0 Å². The summed E-state index contributed by atoms with van der Waals surface area (Å²) in [4.78, 5) is 52.0. The van der Waals surface area contributed by atoms with Crippen LogP contribution in [0.1, 0.15) is 66.7 Å². The number of carbonyl (C=O) groups excluding carboxylic acids is 4. The molecule has 3 N–H and O–H groups in total. The number of rotatable bonds is 6. The van der Waals surface area contributed by atoms with Crippen molar-refractivity contribution in [2.45, 2.75) is 96.6 Å². The fourth-order valence-electron chi connectivity index (χ4n) is 5.13. The highest BCUT2D eigenvalue weighted by molar-refractivity contribution is 5.94. The molecule has 2 aliphatic heterocycles. The molecular formula is C25H35F3N4O4. The molecule has 2 saturated heterocycles. The third-order valence-corrected chi connectivity index (χ3v) is 7.24. The summed E-state index contributed by atoms with van der Waals surface area (Å²) < 4.78 is 38.8. The Balaban J connectivity index is 1.75. The van der Waals surface area contributed by atoms with Crippen molar-refractivity contribution in [2.24, 2.45) is 16.7 Å². The lowest BCUT2D eigenvalue weighted by molar-refractivity contribution is -0.176. The van der Waals surface area contributed by atoms with Crippen LogP contribution in [0.4, 0.5) is 13.2 Å². The summed E-state index contributed by atoms with van der Waals surface area (Å²) in [5.41, 5.74) is -1.68. The van der Waals surface area contributed by atoms with E-state index in [0.29, 0.717) is 6.42 Å². The molecule has 4 atom stereocenters. The average Bonchev–Trinajstić information content (AvgIpc) is 3.29. The molecule has 0 aromatic heterocycles. The van der Waals surface area contributed by atoms with Gasteiger partial charge >= 0.3 is 12.1 Å². The van der Waals surface area contributed by atoms with Crippen molar-refractivity contribution in [3.05, 3.63) is 0 Å². The minimum absolute atomic E-state index is 0.0887. The van der Waals surface area contributed by atoms with Crippen molar-refractivity contribution in [3.63, 3.8) is 0 Å². The summed E-state index contributed by atoms with van der Waals surface area (Å²) in [6.45, 7) is 8.42. The average molecular weight is 513 g/mol. The van der Waals surface area contributed by atoms with E-state index in [2.05, 4.69) is 16.6 Å². The molecule has 0 unspecified atom stereocenters. The summed E-state index contributed by atoms with van der Waals surface area (Å²) in [7, 11) is 0. The quantitative estimate of drug-likeness (QED) is 0.473. The minimum Gasteiger partial charge on any atom is -0.350 e. The summed E-state index contributed by atoms with van der Waals surface area (Å²) in [5, 5.41) is 7.56. The number of nitrogens with one attached hydrogen (secondary N) is 3. The lowest BCUT2D eigenvalue weighted by Crippen LogP contribution is -2.59. The number of likely N-dealkylation sites (tertiary alicyclic amines) is 1. The fraction of sp³-hybridized carbons (Fsp3) is 0.760. The van der Waals surface area contributed by atoms with Crippen molar-refractivity contribution in [2.75, 3.05) is 6.54 Å². The van der Waals surface area contributed by atoms with Gasteiger partial charge in [0.15, 0.2) is 0 Å². The molecule has 0 radical (unpaired) electrons. The number of carbonyl (C=O) groups is 4. The summed E-state index contributed by atoms with van der Waals surface area (Å²) in [5.74, 6) is -1.43. The number of terminal acetylenes is 1. The lowest BCUT2D eigenvalue weighted by atomic mass is 9.85. The molecule has 200 valence electrons. The van der Waals surface area contributed by atoms with Crippen molar-refractivity contribution in [1.29, 1.82) is 0 Å². The third-order valence-electron chi connectivity index (χ3n) is 7.24. The second kappa shape index (κ2) is 9.27. The zero-order valence-electron chi connectivity index (χ0n) is 21.3. The van der Waals surface area contributed by atoms with E-state index in [1.807, 2.05) is 19.2 Å². The summed E-state index contributed by atoms with van der Waals surface area (Å²) in [6.07, 6.45) is 3.52. The van der Waals surface area contributed by atoms with E-state index in [-0.39, 0.29) is 36.8 Å². The number of halogens is 3. The van der Waals surface area contributed by atoms with Crippen LogP contribution in [-0.4, -0.2) is 64.9 Å². The zero-order valence-corrected chi connectivity index (χ0v) is 21.3. The van der Waals surface area contributed by atoms with Crippen LogP contribution in [-0.2, 0) is 19.2 Å². The Morgan fingerprint density at radius 1 is 1.17 bits per heavy atom. The summed E-state index contributed by atoms with van der Waals surface area (Å²) >= 11 is 0. The molecule has 11 heteroatoms. The molecule has 3 rings (SSSR count). The molecule has 8 nitrogen and oxygen atoms in total. The standard InChI is InChI=1S/C25H35F3N4O4/c1-7-15(10-14-11-24(8-9-24)31-18(14)33)29-19(34)16-12-23(5,6)13-32(16)20(35)17(22(2,3)4)30-21(36)25(26,27)28/h1,14-17H,8-13H2,2-6H3,(H,29,34)(H,30,36)(H,31,33)/t14-,15-,16+,17-/m1/s1. The first-order valence-electron chi connectivity index (χ1n) is 12.1. The smallest absolute Gasteiger partial charge is 0.350 e. The van der Waals surface area contributed by atoms with Crippen LogP contribution in [0.25, 0.3) is 0 Å². The largest absolute Gasteiger partial charge is 0.471 e. The Labute approximate surface area is 209 Å². The fourth-order valence-corrected chi connectivity index (χ4v) is 5.13. The normalized spacial score (nSPS) is 26.1. The maximum atomic E-state index is 13.5. The molecule has 1 saturated carbocycles. The highest BCUT2D eigenvalue weighted by Gasteiger charge is 2.53. The van der Waals surface area contributed by atoms with Crippen LogP contribution in [0.2, 0.25) is 0 Å². The predicted molar refractivity (Wildman–Crippen MR) is 125 cm³/mol. The first-order valence-corrected chi connectivity index (χ1v) is 12.1. The Kier molecular flexibility index (Phi) is 7.16. The monoisotopic (exact) mass is 512 g/mol. The lowest BCUT2D eigenvalue weighted by Gasteiger charge is -2.36. The molecule has 3 aliphatic rings. The number of alkyl halides is 3. The van der Waals surface area contributed by atoms with E-state index in [1.54, 1.807) is 0 Å². The molecule has 1 aliphatic carbocycles. The molecule has 4 amide bonds. The molecule has 2 heterocycles. The number of hydrogen-bond donors (Lipinski definition) is 3. The van der Waals surface area contributed by atoms with Gasteiger partial charge in [-0.3, -0.25) is 19.2 Å². The highest BCUT2D eigenvalue weighted by Crippen LogP contribution is 2.46. The molecule has 36 heavy (non-hydrogen) atoms. The van der Waals surface area contributed by atoms with Gasteiger partial charge < -0.3 is 20.9 Å². The van der Waals surface area contributed by atoms with Crippen LogP contribution >= 0.6 is 0 Å². The molecule has 0 aromatic rings. The number of hydrogen-bond acceptors (Lipinski definition) is 4. The van der Waals surface area contributed by atoms with Crippen LogP contribution in [0.3, 0.4) is 0 Å².